The number of unbranched alkanes of at least 4 members (excludes halogenated alkanes) is 2. The van der Waals surface area contributed by atoms with Crippen LogP contribution < -0.4 is 15.4 Å². The predicted octanol–water partition coefficient (Wildman–Crippen LogP) is 1.44. The van der Waals surface area contributed by atoms with E-state index in [1.54, 1.807) is 24.3 Å². The third-order valence-corrected chi connectivity index (χ3v) is 2.74. The van der Waals surface area contributed by atoms with Crippen LogP contribution in [0.3, 0.4) is 0 Å². The zero-order valence-corrected chi connectivity index (χ0v) is 12.0. The number of hydrogen-bond donors (Lipinski definition) is 3. The number of ether oxygens (including phenoxy) is 1. The molecular formula is C15H22N2O4. The average molecular weight is 294 g/mol. The lowest BCUT2D eigenvalue weighted by molar-refractivity contribution is -0.121. The quantitative estimate of drug-likeness (QED) is 0.601. The number of hydrogen-bond acceptors (Lipinski definition) is 4. The van der Waals surface area contributed by atoms with Gasteiger partial charge in [0.25, 0.3) is 0 Å². The van der Waals surface area contributed by atoms with Gasteiger partial charge >= 0.3 is 6.09 Å². The minimum Gasteiger partial charge on any atom is -0.410 e. The van der Waals surface area contributed by atoms with E-state index >= 15 is 0 Å². The lowest BCUT2D eigenvalue weighted by atomic mass is 10.2. The van der Waals surface area contributed by atoms with Gasteiger partial charge in [-0.05, 0) is 25.0 Å². The minimum absolute atomic E-state index is 0.0425. The van der Waals surface area contributed by atoms with Crippen molar-refractivity contribution in [1.29, 1.82) is 0 Å². The van der Waals surface area contributed by atoms with Crippen LogP contribution in [0.15, 0.2) is 30.3 Å². The van der Waals surface area contributed by atoms with E-state index < -0.39 is 6.09 Å². The molecule has 1 aromatic rings. The van der Waals surface area contributed by atoms with Gasteiger partial charge in [0.1, 0.15) is 5.75 Å². The number of aliphatic hydroxyl groups excluding tert-OH is 1. The average Bonchev–Trinajstić information content (AvgIpc) is 2.49. The van der Waals surface area contributed by atoms with E-state index in [-0.39, 0.29) is 12.5 Å². The second-order valence-electron chi connectivity index (χ2n) is 4.51. The van der Waals surface area contributed by atoms with Gasteiger partial charge in [0.05, 0.1) is 6.61 Å². The molecule has 0 fully saturated rings. The van der Waals surface area contributed by atoms with Gasteiger partial charge in [-0.3, -0.25) is 4.79 Å². The summed E-state index contributed by atoms with van der Waals surface area (Å²) in [6.45, 7) is 0.773. The molecule has 1 aromatic carbocycles. The number of benzene rings is 1. The number of para-hydroxylation sites is 1. The number of carbonyl (C=O) groups is 2. The van der Waals surface area contributed by atoms with Crippen molar-refractivity contribution in [2.75, 3.05) is 19.7 Å². The summed E-state index contributed by atoms with van der Waals surface area (Å²) in [6, 6.07) is 8.87. The van der Waals surface area contributed by atoms with Gasteiger partial charge in [0, 0.05) is 19.5 Å². The first kappa shape index (κ1) is 17.0. The van der Waals surface area contributed by atoms with Crippen molar-refractivity contribution >= 4 is 12.0 Å². The highest BCUT2D eigenvalue weighted by Crippen LogP contribution is 2.08. The highest BCUT2D eigenvalue weighted by molar-refractivity contribution is 5.75. The summed E-state index contributed by atoms with van der Waals surface area (Å²) in [7, 11) is 0. The number of amides is 2. The van der Waals surface area contributed by atoms with Gasteiger partial charge in [-0.1, -0.05) is 24.6 Å². The summed E-state index contributed by atoms with van der Waals surface area (Å²) in [6.07, 6.45) is 2.36. The molecule has 6 nitrogen and oxygen atoms in total. The molecule has 6 heteroatoms. The van der Waals surface area contributed by atoms with Crippen LogP contribution in [0.25, 0.3) is 0 Å². The van der Waals surface area contributed by atoms with Crippen LogP contribution in [0.2, 0.25) is 0 Å². The number of carbonyl (C=O) groups excluding carboxylic acids is 2. The molecule has 2 amide bonds. The molecule has 0 aliphatic heterocycles. The fraction of sp³-hybridized carbons (Fsp3) is 0.467. The molecule has 0 radical (unpaired) electrons. The van der Waals surface area contributed by atoms with Crippen molar-refractivity contribution in [2.45, 2.75) is 25.7 Å². The van der Waals surface area contributed by atoms with Crippen LogP contribution in [0.4, 0.5) is 4.79 Å². The minimum atomic E-state index is -0.470. The van der Waals surface area contributed by atoms with Gasteiger partial charge in [-0.15, -0.1) is 0 Å². The standard InChI is InChI=1S/C15H22N2O4/c18-12-11-16-14(19)9-5-2-6-10-17-15(20)21-13-7-3-1-4-8-13/h1,3-4,7-8,18H,2,5-6,9-12H2,(H,16,19)(H,17,20). The van der Waals surface area contributed by atoms with Crippen LogP contribution in [0, 0.1) is 0 Å². The molecule has 0 saturated carbocycles. The lowest BCUT2D eigenvalue weighted by Crippen LogP contribution is -2.28. The van der Waals surface area contributed by atoms with Crippen LogP contribution in [0.5, 0.6) is 5.75 Å². The first-order chi connectivity index (χ1) is 10.2. The molecule has 0 unspecified atom stereocenters. The fourth-order valence-electron chi connectivity index (χ4n) is 1.69. The highest BCUT2D eigenvalue weighted by atomic mass is 16.6. The van der Waals surface area contributed by atoms with Gasteiger partial charge < -0.3 is 20.5 Å². The van der Waals surface area contributed by atoms with E-state index in [1.807, 2.05) is 6.07 Å². The summed E-state index contributed by atoms with van der Waals surface area (Å²) in [5, 5.41) is 13.8. The van der Waals surface area contributed by atoms with Gasteiger partial charge in [-0.2, -0.15) is 0 Å². The van der Waals surface area contributed by atoms with Gasteiger partial charge in [0.15, 0.2) is 0 Å². The maximum atomic E-state index is 11.5. The lowest BCUT2D eigenvalue weighted by Gasteiger charge is -2.06. The Morgan fingerprint density at radius 2 is 1.76 bits per heavy atom. The summed E-state index contributed by atoms with van der Waals surface area (Å²) >= 11 is 0. The second kappa shape index (κ2) is 10.7. The fourth-order valence-corrected chi connectivity index (χ4v) is 1.69. The van der Waals surface area contributed by atoms with Crippen LogP contribution in [-0.4, -0.2) is 36.8 Å². The Morgan fingerprint density at radius 3 is 2.48 bits per heavy atom. The van der Waals surface area contributed by atoms with Crippen LogP contribution in [-0.2, 0) is 4.79 Å². The molecule has 21 heavy (non-hydrogen) atoms. The van der Waals surface area contributed by atoms with Crippen molar-refractivity contribution in [1.82, 2.24) is 10.6 Å². The van der Waals surface area contributed by atoms with Crippen molar-refractivity contribution < 1.29 is 19.4 Å². The molecular weight excluding hydrogens is 272 g/mol. The first-order valence-corrected chi connectivity index (χ1v) is 7.10. The number of nitrogens with one attached hydrogen (secondary N) is 2. The zero-order chi connectivity index (χ0) is 15.3. The molecule has 0 saturated heterocycles. The van der Waals surface area contributed by atoms with E-state index in [0.29, 0.717) is 25.3 Å². The van der Waals surface area contributed by atoms with Crippen molar-refractivity contribution in [3.05, 3.63) is 30.3 Å². The SMILES string of the molecule is O=C(CCCCCNC(=O)Oc1ccccc1)NCCO. The van der Waals surface area contributed by atoms with Crippen molar-refractivity contribution in [3.8, 4) is 5.75 Å². The van der Waals surface area contributed by atoms with Crippen LogP contribution >= 0.6 is 0 Å². The predicted molar refractivity (Wildman–Crippen MR) is 79.0 cm³/mol. The van der Waals surface area contributed by atoms with E-state index in [9.17, 15) is 9.59 Å². The monoisotopic (exact) mass is 294 g/mol. The third-order valence-electron chi connectivity index (χ3n) is 2.74. The highest BCUT2D eigenvalue weighted by Gasteiger charge is 2.03. The second-order valence-corrected chi connectivity index (χ2v) is 4.51. The molecule has 0 aromatic heterocycles. The Kier molecular flexibility index (Phi) is 8.63. The number of aliphatic hydroxyl groups is 1. The molecule has 0 atom stereocenters. The largest absolute Gasteiger partial charge is 0.412 e. The molecule has 0 bridgehead atoms. The molecule has 0 heterocycles. The summed E-state index contributed by atoms with van der Waals surface area (Å²) < 4.78 is 5.07. The normalized spacial score (nSPS) is 9.95. The van der Waals surface area contributed by atoms with E-state index in [1.165, 1.54) is 0 Å². The summed E-state index contributed by atoms with van der Waals surface area (Å²) in [4.78, 5) is 22.7. The molecule has 0 spiro atoms. The van der Waals surface area contributed by atoms with E-state index in [0.717, 1.165) is 19.3 Å². The molecule has 3 N–H and O–H groups in total. The third kappa shape index (κ3) is 8.65. The smallest absolute Gasteiger partial charge is 0.410 e. The maximum absolute atomic E-state index is 11.5. The van der Waals surface area contributed by atoms with Crippen molar-refractivity contribution in [2.24, 2.45) is 0 Å². The molecule has 1 rings (SSSR count). The first-order valence-electron chi connectivity index (χ1n) is 7.10. The molecule has 0 aliphatic carbocycles. The maximum Gasteiger partial charge on any atom is 0.412 e. The Morgan fingerprint density at radius 1 is 1.00 bits per heavy atom. The Balaban J connectivity index is 1.99. The van der Waals surface area contributed by atoms with Gasteiger partial charge in [0.2, 0.25) is 5.91 Å². The van der Waals surface area contributed by atoms with Gasteiger partial charge in [-0.25, -0.2) is 4.79 Å². The molecule has 116 valence electrons. The Hall–Kier alpha value is -2.08. The zero-order valence-electron chi connectivity index (χ0n) is 12.0. The van der Waals surface area contributed by atoms with E-state index in [4.69, 9.17) is 9.84 Å². The van der Waals surface area contributed by atoms with E-state index in [2.05, 4.69) is 10.6 Å². The summed E-state index contributed by atoms with van der Waals surface area (Å²) in [5.74, 6) is 0.455. The molecule has 0 aliphatic rings. The summed E-state index contributed by atoms with van der Waals surface area (Å²) in [5.41, 5.74) is 0. The Bertz CT molecular complexity index is 423. The van der Waals surface area contributed by atoms with Crippen LogP contribution in [0.1, 0.15) is 25.7 Å². The van der Waals surface area contributed by atoms with Crippen molar-refractivity contribution in [3.63, 3.8) is 0 Å². The Labute approximate surface area is 124 Å². The topological polar surface area (TPSA) is 87.7 Å². The number of rotatable bonds is 9.